The highest BCUT2D eigenvalue weighted by atomic mass is 79.9. The molecule has 0 saturated heterocycles. The topological polar surface area (TPSA) is 89.3 Å². The molecule has 0 saturated carbocycles. The highest BCUT2D eigenvalue weighted by Crippen LogP contribution is 2.25. The molecule has 1 unspecified atom stereocenters. The molecule has 3 N–H and O–H groups in total. The van der Waals surface area contributed by atoms with Gasteiger partial charge < -0.3 is 11.1 Å². The number of halogens is 2. The molecule has 0 spiro atoms. The van der Waals surface area contributed by atoms with Gasteiger partial charge in [-0.05, 0) is 24.6 Å². The molecule has 0 radical (unpaired) electrons. The van der Waals surface area contributed by atoms with Gasteiger partial charge >= 0.3 is 0 Å². The predicted octanol–water partition coefficient (Wildman–Crippen LogP) is 1.80. The van der Waals surface area contributed by atoms with Crippen LogP contribution in [0.3, 0.4) is 0 Å². The second-order valence-corrected chi connectivity index (χ2v) is 7.72. The number of sulfone groups is 1. The summed E-state index contributed by atoms with van der Waals surface area (Å²) < 4.78 is 22.8. The quantitative estimate of drug-likeness (QED) is 0.828. The van der Waals surface area contributed by atoms with Gasteiger partial charge in [-0.25, -0.2) is 8.42 Å². The first-order valence-electron chi connectivity index (χ1n) is 5.38. The molecular formula is C11H14BrClN2O3S. The lowest BCUT2D eigenvalue weighted by molar-refractivity contribution is -0.117. The third-order valence-corrected chi connectivity index (χ3v) is 4.11. The molecule has 8 heteroatoms. The Kier molecular flexibility index (Phi) is 5.79. The van der Waals surface area contributed by atoms with Crippen molar-refractivity contribution in [3.8, 4) is 0 Å². The van der Waals surface area contributed by atoms with E-state index in [2.05, 4.69) is 21.2 Å². The molecule has 5 nitrogen and oxygen atoms in total. The minimum Gasteiger partial charge on any atom is -0.323 e. The van der Waals surface area contributed by atoms with Gasteiger partial charge in [-0.1, -0.05) is 27.5 Å². The van der Waals surface area contributed by atoms with Gasteiger partial charge in [0.2, 0.25) is 5.91 Å². The highest BCUT2D eigenvalue weighted by Gasteiger charge is 2.17. The summed E-state index contributed by atoms with van der Waals surface area (Å²) in [7, 11) is -3.13. The van der Waals surface area contributed by atoms with Crippen molar-refractivity contribution < 1.29 is 13.2 Å². The third kappa shape index (κ3) is 5.90. The zero-order valence-corrected chi connectivity index (χ0v) is 13.3. The van der Waals surface area contributed by atoms with Crippen LogP contribution < -0.4 is 11.1 Å². The molecule has 0 aliphatic heterocycles. The Labute approximate surface area is 125 Å². The largest absolute Gasteiger partial charge is 0.323 e. The molecule has 1 atom stereocenters. The molecule has 106 valence electrons. The lowest BCUT2D eigenvalue weighted by Gasteiger charge is -2.12. The first kappa shape index (κ1) is 16.4. The van der Waals surface area contributed by atoms with Gasteiger partial charge in [0, 0.05) is 10.7 Å². The van der Waals surface area contributed by atoms with Gasteiger partial charge in [-0.15, -0.1) is 0 Å². The van der Waals surface area contributed by atoms with E-state index >= 15 is 0 Å². The number of carbonyl (C=O) groups is 1. The normalized spacial score (nSPS) is 13.1. The van der Waals surface area contributed by atoms with Crippen LogP contribution in [0.15, 0.2) is 22.7 Å². The number of hydrogen-bond acceptors (Lipinski definition) is 4. The van der Waals surface area contributed by atoms with Crippen LogP contribution in [-0.2, 0) is 14.6 Å². The van der Waals surface area contributed by atoms with Crippen LogP contribution in [0.5, 0.6) is 0 Å². The summed E-state index contributed by atoms with van der Waals surface area (Å²) in [6, 6.07) is 4.10. The maximum absolute atomic E-state index is 11.8. The lowest BCUT2D eigenvalue weighted by atomic mass is 10.2. The summed E-state index contributed by atoms with van der Waals surface area (Å²) in [5, 5.41) is 2.94. The van der Waals surface area contributed by atoms with E-state index in [-0.39, 0.29) is 12.2 Å². The van der Waals surface area contributed by atoms with Gasteiger partial charge in [0.1, 0.15) is 9.84 Å². The van der Waals surface area contributed by atoms with E-state index in [9.17, 15) is 13.2 Å². The summed E-state index contributed by atoms with van der Waals surface area (Å²) in [4.78, 5) is 11.8. The van der Waals surface area contributed by atoms with Crippen LogP contribution in [0.2, 0.25) is 5.02 Å². The Morgan fingerprint density at radius 1 is 1.53 bits per heavy atom. The van der Waals surface area contributed by atoms with Crippen LogP contribution in [0.4, 0.5) is 5.69 Å². The number of benzene rings is 1. The van der Waals surface area contributed by atoms with E-state index in [0.717, 1.165) is 10.7 Å². The third-order valence-electron chi connectivity index (χ3n) is 2.33. The van der Waals surface area contributed by atoms with E-state index < -0.39 is 21.8 Å². The predicted molar refractivity (Wildman–Crippen MR) is 80.1 cm³/mol. The van der Waals surface area contributed by atoms with Crippen LogP contribution in [-0.4, -0.2) is 32.4 Å². The van der Waals surface area contributed by atoms with Crippen LogP contribution in [0.25, 0.3) is 0 Å². The fraction of sp³-hybridized carbons (Fsp3) is 0.364. The Morgan fingerprint density at radius 3 is 2.68 bits per heavy atom. The van der Waals surface area contributed by atoms with E-state index in [1.807, 2.05) is 0 Å². The molecule has 0 aliphatic carbocycles. The molecule has 1 amide bonds. The Hall–Kier alpha value is -0.630. The SMILES string of the molecule is CS(=O)(=O)CCC(N)C(=O)Nc1ccc(Br)cc1Cl. The van der Waals surface area contributed by atoms with Crippen molar-refractivity contribution in [2.75, 3.05) is 17.3 Å². The van der Waals surface area contributed by atoms with Crippen LogP contribution >= 0.6 is 27.5 Å². The fourth-order valence-corrected chi connectivity index (χ4v) is 2.69. The second-order valence-electron chi connectivity index (χ2n) is 4.14. The maximum atomic E-state index is 11.8. The van der Waals surface area contributed by atoms with Crippen LogP contribution in [0, 0.1) is 0 Å². The van der Waals surface area contributed by atoms with Gasteiger partial charge in [-0.3, -0.25) is 4.79 Å². The Bertz CT molecular complexity index is 577. The lowest BCUT2D eigenvalue weighted by Crippen LogP contribution is -2.37. The van der Waals surface area contributed by atoms with Gasteiger partial charge in [-0.2, -0.15) is 0 Å². The van der Waals surface area contributed by atoms with E-state index in [4.69, 9.17) is 17.3 Å². The van der Waals surface area contributed by atoms with Gasteiger partial charge in [0.05, 0.1) is 22.5 Å². The molecule has 0 fully saturated rings. The maximum Gasteiger partial charge on any atom is 0.241 e. The minimum absolute atomic E-state index is 0.0683. The molecule has 19 heavy (non-hydrogen) atoms. The average molecular weight is 370 g/mol. The average Bonchev–Trinajstić information content (AvgIpc) is 2.28. The summed E-state index contributed by atoms with van der Waals surface area (Å²) >= 11 is 9.20. The molecule has 0 aliphatic rings. The molecule has 0 heterocycles. The first-order valence-corrected chi connectivity index (χ1v) is 8.61. The van der Waals surface area contributed by atoms with Gasteiger partial charge in [0.25, 0.3) is 0 Å². The van der Waals surface area contributed by atoms with Crippen molar-refractivity contribution in [2.24, 2.45) is 5.73 Å². The number of carbonyl (C=O) groups excluding carboxylic acids is 1. The van der Waals surface area contributed by atoms with E-state index in [1.165, 1.54) is 0 Å². The smallest absolute Gasteiger partial charge is 0.241 e. The van der Waals surface area contributed by atoms with Crippen molar-refractivity contribution >= 4 is 49.0 Å². The van der Waals surface area contributed by atoms with E-state index in [0.29, 0.717) is 10.7 Å². The number of hydrogen-bond donors (Lipinski definition) is 2. The first-order chi connectivity index (χ1) is 8.69. The molecule has 0 aromatic heterocycles. The summed E-state index contributed by atoms with van der Waals surface area (Å²) in [5.41, 5.74) is 6.06. The Morgan fingerprint density at radius 2 is 2.16 bits per heavy atom. The zero-order chi connectivity index (χ0) is 14.6. The summed E-state index contributed by atoms with van der Waals surface area (Å²) in [6.45, 7) is 0. The van der Waals surface area contributed by atoms with Gasteiger partial charge in [0.15, 0.2) is 0 Å². The van der Waals surface area contributed by atoms with E-state index in [1.54, 1.807) is 18.2 Å². The number of amides is 1. The second kappa shape index (κ2) is 6.69. The molecule has 1 aromatic carbocycles. The molecule has 1 aromatic rings. The van der Waals surface area contributed by atoms with Crippen molar-refractivity contribution in [2.45, 2.75) is 12.5 Å². The highest BCUT2D eigenvalue weighted by molar-refractivity contribution is 9.10. The fourth-order valence-electron chi connectivity index (χ4n) is 1.29. The van der Waals surface area contributed by atoms with Crippen LogP contribution in [0.1, 0.15) is 6.42 Å². The Balaban J connectivity index is 2.64. The number of nitrogens with two attached hydrogens (primary N) is 1. The number of anilines is 1. The molecular weight excluding hydrogens is 356 g/mol. The van der Waals surface area contributed by atoms with Crippen molar-refractivity contribution in [1.82, 2.24) is 0 Å². The number of nitrogens with one attached hydrogen (secondary N) is 1. The molecule has 1 rings (SSSR count). The number of rotatable bonds is 5. The monoisotopic (exact) mass is 368 g/mol. The van der Waals surface area contributed by atoms with Crippen molar-refractivity contribution in [3.05, 3.63) is 27.7 Å². The van der Waals surface area contributed by atoms with Crippen molar-refractivity contribution in [1.29, 1.82) is 0 Å². The molecule has 0 bridgehead atoms. The minimum atomic E-state index is -3.13. The summed E-state index contributed by atoms with van der Waals surface area (Å²) in [5.74, 6) is -0.594. The van der Waals surface area contributed by atoms with Crippen molar-refractivity contribution in [3.63, 3.8) is 0 Å². The summed E-state index contributed by atoms with van der Waals surface area (Å²) in [6.07, 6.45) is 1.17. The zero-order valence-electron chi connectivity index (χ0n) is 10.2. The standard InChI is InChI=1S/C11H14BrClN2O3S/c1-19(17,18)5-4-9(14)11(16)15-10-3-2-7(12)6-8(10)13/h2-3,6,9H,4-5,14H2,1H3,(H,15,16).